The van der Waals surface area contributed by atoms with Crippen LogP contribution >= 0.6 is 0 Å². The van der Waals surface area contributed by atoms with Gasteiger partial charge < -0.3 is 15.2 Å². The first kappa shape index (κ1) is 16.5. The summed E-state index contributed by atoms with van der Waals surface area (Å²) in [4.78, 5) is 11.6. The van der Waals surface area contributed by atoms with Crippen LogP contribution < -0.4 is 10.5 Å². The predicted molar refractivity (Wildman–Crippen MR) is 79.9 cm³/mol. The van der Waals surface area contributed by atoms with Crippen LogP contribution in [-0.4, -0.2) is 24.7 Å². The molecule has 112 valence electrons. The summed E-state index contributed by atoms with van der Waals surface area (Å²) in [5.41, 5.74) is 6.15. The van der Waals surface area contributed by atoms with E-state index in [0.717, 1.165) is 5.75 Å². The van der Waals surface area contributed by atoms with Gasteiger partial charge in [0.25, 0.3) is 0 Å². The monoisotopic (exact) mass is 279 g/mol. The van der Waals surface area contributed by atoms with Gasteiger partial charge in [-0.1, -0.05) is 26.0 Å². The van der Waals surface area contributed by atoms with Gasteiger partial charge >= 0.3 is 5.97 Å². The molecule has 0 bridgehead atoms. The van der Waals surface area contributed by atoms with Crippen molar-refractivity contribution < 1.29 is 14.3 Å². The first-order chi connectivity index (χ1) is 9.36. The molecule has 0 saturated heterocycles. The number of esters is 1. The van der Waals surface area contributed by atoms with E-state index in [-0.39, 0.29) is 5.97 Å². The van der Waals surface area contributed by atoms with Gasteiger partial charge in [0.05, 0.1) is 13.2 Å². The lowest BCUT2D eigenvalue weighted by atomic mass is 10.0. The number of benzene rings is 1. The molecule has 1 atom stereocenters. The van der Waals surface area contributed by atoms with E-state index in [1.54, 1.807) is 13.8 Å². The molecule has 0 amide bonds. The molecule has 0 spiro atoms. The molecule has 1 rings (SSSR count). The molecule has 20 heavy (non-hydrogen) atoms. The van der Waals surface area contributed by atoms with Crippen LogP contribution in [0.25, 0.3) is 0 Å². The largest absolute Gasteiger partial charge is 0.493 e. The average Bonchev–Trinajstić information content (AvgIpc) is 2.39. The Bertz CT molecular complexity index is 441. The molecule has 4 nitrogen and oxygen atoms in total. The highest BCUT2D eigenvalue weighted by Gasteiger charge is 2.29. The Kier molecular flexibility index (Phi) is 6.02. The number of rotatable bonds is 7. The summed E-state index contributed by atoms with van der Waals surface area (Å²) in [6.45, 7) is 8.42. The van der Waals surface area contributed by atoms with Gasteiger partial charge in [0.15, 0.2) is 0 Å². The lowest BCUT2D eigenvalue weighted by Gasteiger charge is -2.22. The van der Waals surface area contributed by atoms with Crippen LogP contribution in [0.15, 0.2) is 24.3 Å². The zero-order valence-corrected chi connectivity index (χ0v) is 12.8. The van der Waals surface area contributed by atoms with Crippen molar-refractivity contribution in [3.8, 4) is 5.75 Å². The van der Waals surface area contributed by atoms with Crippen LogP contribution in [-0.2, 0) is 9.53 Å². The molecule has 4 heteroatoms. The van der Waals surface area contributed by atoms with Crippen molar-refractivity contribution >= 4 is 5.97 Å². The third kappa shape index (κ3) is 4.85. The van der Waals surface area contributed by atoms with Crippen LogP contribution in [0.1, 0.15) is 45.6 Å². The maximum atomic E-state index is 11.6. The molecule has 0 saturated carbocycles. The molecule has 0 aromatic heterocycles. The molecular formula is C16H25NO3. The Morgan fingerprint density at radius 3 is 2.70 bits per heavy atom. The molecule has 1 aromatic carbocycles. The van der Waals surface area contributed by atoms with Crippen LogP contribution in [0.5, 0.6) is 5.75 Å². The maximum absolute atomic E-state index is 11.6. The van der Waals surface area contributed by atoms with Gasteiger partial charge in [-0.25, -0.2) is 0 Å². The Morgan fingerprint density at radius 2 is 2.10 bits per heavy atom. The number of ether oxygens (including phenoxy) is 2. The van der Waals surface area contributed by atoms with Crippen molar-refractivity contribution in [1.82, 2.24) is 0 Å². The molecule has 0 aliphatic carbocycles. The van der Waals surface area contributed by atoms with Gasteiger partial charge in [-0.2, -0.15) is 0 Å². The van der Waals surface area contributed by atoms with Gasteiger partial charge in [-0.05, 0) is 37.5 Å². The van der Waals surface area contributed by atoms with E-state index in [9.17, 15) is 4.79 Å². The van der Waals surface area contributed by atoms with Gasteiger partial charge in [-0.3, -0.25) is 4.79 Å². The van der Waals surface area contributed by atoms with Gasteiger partial charge in [0.2, 0.25) is 0 Å². The molecular weight excluding hydrogens is 254 g/mol. The molecule has 0 heterocycles. The number of hydrogen-bond acceptors (Lipinski definition) is 4. The molecule has 0 aliphatic rings. The number of nitrogens with two attached hydrogens (primary N) is 1. The van der Waals surface area contributed by atoms with Crippen molar-refractivity contribution in [2.24, 2.45) is 5.73 Å². The van der Waals surface area contributed by atoms with Crippen molar-refractivity contribution in [1.29, 1.82) is 0 Å². The highest BCUT2D eigenvalue weighted by Crippen LogP contribution is 2.20. The summed E-state index contributed by atoms with van der Waals surface area (Å²) in [5.74, 6) is 0.869. The van der Waals surface area contributed by atoms with E-state index in [4.69, 9.17) is 15.2 Å². The first-order valence-electron chi connectivity index (χ1n) is 7.05. The van der Waals surface area contributed by atoms with E-state index >= 15 is 0 Å². The van der Waals surface area contributed by atoms with Crippen molar-refractivity contribution in [2.75, 3.05) is 13.2 Å². The fourth-order valence-electron chi connectivity index (χ4n) is 1.74. The summed E-state index contributed by atoms with van der Waals surface area (Å²) in [7, 11) is 0. The van der Waals surface area contributed by atoms with Gasteiger partial charge in [0, 0.05) is 6.42 Å². The Labute approximate surface area is 121 Å². The fraction of sp³-hybridized carbons (Fsp3) is 0.562. The molecule has 1 unspecified atom stereocenters. The van der Waals surface area contributed by atoms with Crippen molar-refractivity contribution in [3.63, 3.8) is 0 Å². The number of carbonyl (C=O) groups is 1. The minimum atomic E-state index is -1.01. The maximum Gasteiger partial charge on any atom is 0.325 e. The van der Waals surface area contributed by atoms with Crippen LogP contribution in [0.3, 0.4) is 0 Å². The number of carbonyl (C=O) groups excluding carboxylic acids is 1. The summed E-state index contributed by atoms with van der Waals surface area (Å²) >= 11 is 0. The molecule has 0 aliphatic heterocycles. The first-order valence-corrected chi connectivity index (χ1v) is 7.05. The van der Waals surface area contributed by atoms with E-state index < -0.39 is 5.54 Å². The highest BCUT2D eigenvalue weighted by atomic mass is 16.5. The van der Waals surface area contributed by atoms with Crippen LogP contribution in [0.4, 0.5) is 0 Å². The van der Waals surface area contributed by atoms with E-state index in [1.807, 2.05) is 18.2 Å². The highest BCUT2D eigenvalue weighted by molar-refractivity contribution is 5.79. The smallest absolute Gasteiger partial charge is 0.325 e. The lowest BCUT2D eigenvalue weighted by Crippen LogP contribution is -2.47. The average molecular weight is 279 g/mol. The molecule has 1 aromatic rings. The van der Waals surface area contributed by atoms with E-state index in [0.29, 0.717) is 25.6 Å². The van der Waals surface area contributed by atoms with Crippen molar-refractivity contribution in [2.45, 2.75) is 45.6 Å². The third-order valence-corrected chi connectivity index (χ3v) is 3.16. The minimum absolute atomic E-state index is 0.336. The number of hydrogen-bond donors (Lipinski definition) is 1. The Hall–Kier alpha value is -1.55. The predicted octanol–water partition coefficient (Wildman–Crippen LogP) is 2.86. The zero-order chi connectivity index (χ0) is 15.2. The summed E-state index contributed by atoms with van der Waals surface area (Å²) in [5, 5.41) is 0. The summed E-state index contributed by atoms with van der Waals surface area (Å²) in [6.07, 6.45) is 0.414. The molecule has 2 N–H and O–H groups in total. The lowest BCUT2D eigenvalue weighted by molar-refractivity contribution is -0.149. The second-order valence-corrected chi connectivity index (χ2v) is 5.46. The van der Waals surface area contributed by atoms with Crippen LogP contribution in [0, 0.1) is 0 Å². The van der Waals surface area contributed by atoms with E-state index in [1.165, 1.54) is 5.56 Å². The summed E-state index contributed by atoms with van der Waals surface area (Å²) in [6, 6.07) is 7.97. The van der Waals surface area contributed by atoms with Gasteiger partial charge in [-0.15, -0.1) is 0 Å². The second-order valence-electron chi connectivity index (χ2n) is 5.46. The quantitative estimate of drug-likeness (QED) is 0.780. The van der Waals surface area contributed by atoms with Crippen LogP contribution in [0.2, 0.25) is 0 Å². The standard InChI is InChI=1S/C16H25NO3/c1-5-19-15(18)16(4,17)9-10-20-14-8-6-7-13(11-14)12(2)3/h6-8,11-12H,5,9-10,17H2,1-4H3. The second kappa shape index (κ2) is 7.29. The third-order valence-electron chi connectivity index (χ3n) is 3.16. The van der Waals surface area contributed by atoms with Crippen molar-refractivity contribution in [3.05, 3.63) is 29.8 Å². The fourth-order valence-corrected chi connectivity index (χ4v) is 1.74. The SMILES string of the molecule is CCOC(=O)C(C)(N)CCOc1cccc(C(C)C)c1. The minimum Gasteiger partial charge on any atom is -0.493 e. The molecule has 0 fully saturated rings. The van der Waals surface area contributed by atoms with E-state index in [2.05, 4.69) is 19.9 Å². The van der Waals surface area contributed by atoms with Gasteiger partial charge in [0.1, 0.15) is 11.3 Å². The Balaban J connectivity index is 2.52. The topological polar surface area (TPSA) is 61.5 Å². The molecule has 0 radical (unpaired) electrons. The Morgan fingerprint density at radius 1 is 1.40 bits per heavy atom. The normalized spacial score (nSPS) is 13.9. The zero-order valence-electron chi connectivity index (χ0n) is 12.8. The summed E-state index contributed by atoms with van der Waals surface area (Å²) < 4.78 is 10.6.